The molecule has 0 bridgehead atoms. The van der Waals surface area contributed by atoms with Crippen molar-refractivity contribution >= 4 is 51.3 Å². The third-order valence-electron chi connectivity index (χ3n) is 6.21. The van der Waals surface area contributed by atoms with Crippen molar-refractivity contribution < 1.29 is 4.39 Å². The van der Waals surface area contributed by atoms with Crippen LogP contribution in [0.2, 0.25) is 0 Å². The summed E-state index contributed by atoms with van der Waals surface area (Å²) < 4.78 is 15.4. The number of hydrogen-bond donors (Lipinski definition) is 1. The zero-order valence-electron chi connectivity index (χ0n) is 19.9. The second kappa shape index (κ2) is 10.2. The standard InChI is InChI=1S/C25H26FN7S.ClH/c1-4-33-24(20-14-19(13-16(2)22(20)30-33)32-11-9-28-10-12-32)31(3)25-29-23(21(15-27)34-25)17-5-7-18(26)8-6-17;/h5-8,13-14,28H,4,9-12H2,1-3H3;1H. The lowest BCUT2D eigenvalue weighted by Crippen LogP contribution is -2.43. The number of halogens is 2. The first-order valence-corrected chi connectivity index (χ1v) is 12.2. The second-order valence-electron chi connectivity index (χ2n) is 8.39. The number of aryl methyl sites for hydroxylation is 2. The number of nitriles is 1. The summed E-state index contributed by atoms with van der Waals surface area (Å²) in [7, 11) is 1.96. The van der Waals surface area contributed by atoms with Crippen LogP contribution < -0.4 is 15.1 Å². The SMILES string of the molecule is CCn1nc2c(C)cc(N3CCNCC3)cc2c1N(C)c1nc(-c2ccc(F)cc2)c(C#N)s1.Cl. The lowest BCUT2D eigenvalue weighted by molar-refractivity contribution is 0.589. The lowest BCUT2D eigenvalue weighted by atomic mass is 10.1. The number of nitrogens with zero attached hydrogens (tertiary/aromatic N) is 6. The molecule has 0 radical (unpaired) electrons. The number of benzene rings is 2. The van der Waals surface area contributed by atoms with Gasteiger partial charge in [0, 0.05) is 56.4 Å². The molecule has 10 heteroatoms. The Bertz CT molecular complexity index is 1380. The predicted molar refractivity (Wildman–Crippen MR) is 143 cm³/mol. The summed E-state index contributed by atoms with van der Waals surface area (Å²) >= 11 is 1.33. The first-order chi connectivity index (χ1) is 16.5. The normalized spacial score (nSPS) is 13.5. The molecule has 2 aromatic carbocycles. The fourth-order valence-electron chi connectivity index (χ4n) is 4.47. The van der Waals surface area contributed by atoms with Gasteiger partial charge in [-0.2, -0.15) is 10.4 Å². The van der Waals surface area contributed by atoms with Crippen LogP contribution in [-0.4, -0.2) is 48.0 Å². The largest absolute Gasteiger partial charge is 0.369 e. The highest BCUT2D eigenvalue weighted by molar-refractivity contribution is 7.16. The highest BCUT2D eigenvalue weighted by atomic mass is 35.5. The molecule has 182 valence electrons. The van der Waals surface area contributed by atoms with Crippen molar-refractivity contribution in [2.45, 2.75) is 20.4 Å². The maximum atomic E-state index is 13.4. The molecule has 0 saturated carbocycles. The Morgan fingerprint density at radius 3 is 2.57 bits per heavy atom. The lowest BCUT2D eigenvalue weighted by Gasteiger charge is -2.30. The van der Waals surface area contributed by atoms with E-state index in [0.717, 1.165) is 54.0 Å². The Hall–Kier alpha value is -3.19. The monoisotopic (exact) mass is 511 g/mol. The maximum Gasteiger partial charge on any atom is 0.192 e. The fraction of sp³-hybridized carbons (Fsp3) is 0.320. The summed E-state index contributed by atoms with van der Waals surface area (Å²) in [5, 5.41) is 19.8. The molecular weight excluding hydrogens is 485 g/mol. The number of aromatic nitrogens is 3. The molecule has 0 unspecified atom stereocenters. The molecule has 35 heavy (non-hydrogen) atoms. The van der Waals surface area contributed by atoms with E-state index in [1.54, 1.807) is 12.1 Å². The van der Waals surface area contributed by atoms with Gasteiger partial charge in [-0.3, -0.25) is 0 Å². The summed E-state index contributed by atoms with van der Waals surface area (Å²) in [5.74, 6) is 0.630. The van der Waals surface area contributed by atoms with Crippen LogP contribution in [-0.2, 0) is 6.54 Å². The minimum atomic E-state index is -0.316. The van der Waals surface area contributed by atoms with E-state index in [2.05, 4.69) is 42.3 Å². The number of hydrogen-bond acceptors (Lipinski definition) is 7. The van der Waals surface area contributed by atoms with Crippen molar-refractivity contribution in [1.82, 2.24) is 20.1 Å². The predicted octanol–water partition coefficient (Wildman–Crippen LogP) is 5.10. The Kier molecular flexibility index (Phi) is 7.26. The molecule has 5 rings (SSSR count). The van der Waals surface area contributed by atoms with Crippen LogP contribution in [0.15, 0.2) is 36.4 Å². The molecule has 0 spiro atoms. The van der Waals surface area contributed by atoms with Crippen molar-refractivity contribution in [3.8, 4) is 17.3 Å². The third kappa shape index (κ3) is 4.57. The van der Waals surface area contributed by atoms with Crippen molar-refractivity contribution in [3.63, 3.8) is 0 Å². The molecule has 0 amide bonds. The van der Waals surface area contributed by atoms with Crippen LogP contribution in [0.4, 0.5) is 21.0 Å². The van der Waals surface area contributed by atoms with Gasteiger partial charge in [0.2, 0.25) is 0 Å². The van der Waals surface area contributed by atoms with Gasteiger partial charge in [-0.1, -0.05) is 11.3 Å². The summed E-state index contributed by atoms with van der Waals surface area (Å²) in [5.41, 5.74) is 4.59. The zero-order valence-corrected chi connectivity index (χ0v) is 21.5. The first-order valence-electron chi connectivity index (χ1n) is 11.4. The summed E-state index contributed by atoms with van der Waals surface area (Å²) in [4.78, 5) is 9.71. The van der Waals surface area contributed by atoms with Gasteiger partial charge in [-0.15, -0.1) is 12.4 Å². The number of anilines is 3. The Morgan fingerprint density at radius 1 is 1.20 bits per heavy atom. The molecule has 3 heterocycles. The van der Waals surface area contributed by atoms with Crippen molar-refractivity contribution in [3.05, 3.63) is 52.7 Å². The number of thiazole rings is 1. The van der Waals surface area contributed by atoms with E-state index in [-0.39, 0.29) is 18.2 Å². The number of nitrogens with one attached hydrogen (secondary N) is 1. The minimum Gasteiger partial charge on any atom is -0.369 e. The van der Waals surface area contributed by atoms with E-state index in [0.29, 0.717) is 22.2 Å². The van der Waals surface area contributed by atoms with Gasteiger partial charge in [0.25, 0.3) is 0 Å². The fourth-order valence-corrected chi connectivity index (χ4v) is 5.32. The van der Waals surface area contributed by atoms with Gasteiger partial charge >= 0.3 is 0 Å². The number of rotatable bonds is 5. The highest BCUT2D eigenvalue weighted by Gasteiger charge is 2.23. The molecule has 0 aliphatic carbocycles. The molecule has 1 saturated heterocycles. The van der Waals surface area contributed by atoms with E-state index < -0.39 is 0 Å². The van der Waals surface area contributed by atoms with E-state index in [1.165, 1.54) is 29.2 Å². The first kappa shape index (κ1) is 24.9. The summed E-state index contributed by atoms with van der Waals surface area (Å²) in [6.45, 7) is 8.77. The van der Waals surface area contributed by atoms with Gasteiger partial charge in [0.15, 0.2) is 5.13 Å². The Labute approximate surface area is 214 Å². The summed E-state index contributed by atoms with van der Waals surface area (Å²) in [6.07, 6.45) is 0. The van der Waals surface area contributed by atoms with E-state index in [4.69, 9.17) is 10.1 Å². The smallest absolute Gasteiger partial charge is 0.192 e. The van der Waals surface area contributed by atoms with Crippen LogP contribution in [0.5, 0.6) is 0 Å². The van der Waals surface area contributed by atoms with Crippen LogP contribution in [0.3, 0.4) is 0 Å². The molecule has 4 aromatic rings. The van der Waals surface area contributed by atoms with Gasteiger partial charge < -0.3 is 15.1 Å². The minimum absolute atomic E-state index is 0. The molecule has 1 N–H and O–H groups in total. The van der Waals surface area contributed by atoms with Gasteiger partial charge in [0.05, 0.1) is 5.52 Å². The van der Waals surface area contributed by atoms with Gasteiger partial charge in [-0.05, 0) is 55.8 Å². The molecule has 1 aliphatic rings. The van der Waals surface area contributed by atoms with Crippen molar-refractivity contribution in [2.75, 3.05) is 43.0 Å². The third-order valence-corrected chi connectivity index (χ3v) is 7.25. The average molecular weight is 512 g/mol. The van der Waals surface area contributed by atoms with Crippen molar-refractivity contribution in [2.24, 2.45) is 0 Å². The summed E-state index contributed by atoms with van der Waals surface area (Å²) in [6, 6.07) is 12.8. The van der Waals surface area contributed by atoms with E-state index in [1.807, 2.05) is 16.6 Å². The highest BCUT2D eigenvalue weighted by Crippen LogP contribution is 2.39. The zero-order chi connectivity index (χ0) is 23.8. The Morgan fingerprint density at radius 2 is 1.91 bits per heavy atom. The number of fused-ring (bicyclic) bond motifs is 1. The molecule has 1 fully saturated rings. The van der Waals surface area contributed by atoms with Crippen LogP contribution in [0.25, 0.3) is 22.2 Å². The molecule has 2 aromatic heterocycles. The molecule has 7 nitrogen and oxygen atoms in total. The average Bonchev–Trinajstić information content (AvgIpc) is 3.46. The van der Waals surface area contributed by atoms with Gasteiger partial charge in [-0.25, -0.2) is 14.1 Å². The van der Waals surface area contributed by atoms with Crippen LogP contribution in [0, 0.1) is 24.1 Å². The van der Waals surface area contributed by atoms with E-state index >= 15 is 0 Å². The second-order valence-corrected chi connectivity index (χ2v) is 9.36. The van der Waals surface area contributed by atoms with Crippen LogP contribution in [0.1, 0.15) is 17.4 Å². The maximum absolute atomic E-state index is 13.4. The van der Waals surface area contributed by atoms with Crippen molar-refractivity contribution in [1.29, 1.82) is 5.26 Å². The topological polar surface area (TPSA) is 73.0 Å². The Balaban J connectivity index is 0.00000289. The molecule has 0 atom stereocenters. The molecular formula is C25H27ClFN7S. The van der Waals surface area contributed by atoms with Crippen LogP contribution >= 0.6 is 23.7 Å². The quantitative estimate of drug-likeness (QED) is 0.402. The van der Waals surface area contributed by atoms with E-state index in [9.17, 15) is 9.65 Å². The van der Waals surface area contributed by atoms with Gasteiger partial charge in [0.1, 0.15) is 28.3 Å². The molecule has 1 aliphatic heterocycles. The number of piperazine rings is 1.